The SMILES string of the molecule is O=C(c1cccc(N2CCCC2)n1)N1CCC=C(c2ccccc2)C1. The summed E-state index contributed by atoms with van der Waals surface area (Å²) in [6.07, 6.45) is 5.55. The highest BCUT2D eigenvalue weighted by atomic mass is 16.2. The van der Waals surface area contributed by atoms with E-state index >= 15 is 0 Å². The third-order valence-corrected chi connectivity index (χ3v) is 4.97. The van der Waals surface area contributed by atoms with Gasteiger partial charge in [-0.3, -0.25) is 4.79 Å². The van der Waals surface area contributed by atoms with E-state index in [4.69, 9.17) is 0 Å². The van der Waals surface area contributed by atoms with Gasteiger partial charge >= 0.3 is 0 Å². The van der Waals surface area contributed by atoms with Crippen LogP contribution in [0.5, 0.6) is 0 Å². The predicted molar refractivity (Wildman–Crippen MR) is 101 cm³/mol. The maximum atomic E-state index is 13.0. The van der Waals surface area contributed by atoms with Crippen LogP contribution in [0.3, 0.4) is 0 Å². The molecule has 2 aromatic rings. The fraction of sp³-hybridized carbons (Fsp3) is 0.333. The van der Waals surface area contributed by atoms with Crippen molar-refractivity contribution in [2.45, 2.75) is 19.3 Å². The number of rotatable bonds is 3. The molecule has 4 heteroatoms. The maximum absolute atomic E-state index is 13.0. The van der Waals surface area contributed by atoms with Gasteiger partial charge in [0, 0.05) is 26.2 Å². The standard InChI is InChI=1S/C21H23N3O/c25-21(19-11-6-12-20(22-19)23-13-4-5-14-23)24-15-7-10-18(16-24)17-8-2-1-3-9-17/h1-3,6,8-12H,4-5,7,13-16H2. The minimum absolute atomic E-state index is 0.0302. The van der Waals surface area contributed by atoms with Gasteiger partial charge in [-0.15, -0.1) is 0 Å². The normalized spacial score (nSPS) is 17.5. The molecule has 0 aliphatic carbocycles. The summed E-state index contributed by atoms with van der Waals surface area (Å²) in [7, 11) is 0. The molecular formula is C21H23N3O. The molecule has 0 radical (unpaired) electrons. The van der Waals surface area contributed by atoms with E-state index in [1.54, 1.807) is 0 Å². The van der Waals surface area contributed by atoms with Crippen LogP contribution in [0.15, 0.2) is 54.6 Å². The predicted octanol–water partition coefficient (Wildman–Crippen LogP) is 3.61. The molecular weight excluding hydrogens is 310 g/mol. The van der Waals surface area contributed by atoms with Crippen molar-refractivity contribution in [3.8, 4) is 0 Å². The van der Waals surface area contributed by atoms with Crippen molar-refractivity contribution in [3.05, 3.63) is 65.9 Å². The molecule has 2 aliphatic heterocycles. The van der Waals surface area contributed by atoms with E-state index < -0.39 is 0 Å². The second-order valence-corrected chi connectivity index (χ2v) is 6.69. The number of pyridine rings is 1. The van der Waals surface area contributed by atoms with Crippen molar-refractivity contribution >= 4 is 17.3 Å². The van der Waals surface area contributed by atoms with Crippen LogP contribution in [-0.4, -0.2) is 42.0 Å². The summed E-state index contributed by atoms with van der Waals surface area (Å²) >= 11 is 0. The molecule has 2 aliphatic rings. The van der Waals surface area contributed by atoms with Gasteiger partial charge in [0.05, 0.1) is 0 Å². The molecule has 1 amide bonds. The van der Waals surface area contributed by atoms with E-state index in [0.29, 0.717) is 12.2 Å². The van der Waals surface area contributed by atoms with Crippen LogP contribution < -0.4 is 4.90 Å². The number of amides is 1. The summed E-state index contributed by atoms with van der Waals surface area (Å²) in [4.78, 5) is 21.8. The lowest BCUT2D eigenvalue weighted by Crippen LogP contribution is -2.36. The Morgan fingerprint density at radius 3 is 2.52 bits per heavy atom. The number of hydrogen-bond donors (Lipinski definition) is 0. The van der Waals surface area contributed by atoms with E-state index in [1.165, 1.54) is 24.0 Å². The lowest BCUT2D eigenvalue weighted by atomic mass is 10.0. The maximum Gasteiger partial charge on any atom is 0.272 e. The second kappa shape index (κ2) is 7.09. The summed E-state index contributed by atoms with van der Waals surface area (Å²) < 4.78 is 0. The van der Waals surface area contributed by atoms with Crippen LogP contribution in [0.25, 0.3) is 5.57 Å². The molecule has 0 unspecified atom stereocenters. The van der Waals surface area contributed by atoms with Crippen LogP contribution in [-0.2, 0) is 0 Å². The molecule has 1 aromatic carbocycles. The summed E-state index contributed by atoms with van der Waals surface area (Å²) in [6, 6.07) is 16.1. The smallest absolute Gasteiger partial charge is 0.272 e. The first-order valence-corrected chi connectivity index (χ1v) is 9.07. The van der Waals surface area contributed by atoms with E-state index in [2.05, 4.69) is 28.1 Å². The molecule has 0 saturated carbocycles. The number of benzene rings is 1. The summed E-state index contributed by atoms with van der Waals surface area (Å²) in [5, 5.41) is 0. The Morgan fingerprint density at radius 2 is 1.72 bits per heavy atom. The van der Waals surface area contributed by atoms with E-state index in [9.17, 15) is 4.79 Å². The summed E-state index contributed by atoms with van der Waals surface area (Å²) in [6.45, 7) is 3.48. The third-order valence-electron chi connectivity index (χ3n) is 4.97. The van der Waals surface area contributed by atoms with E-state index in [0.717, 1.165) is 31.9 Å². The lowest BCUT2D eigenvalue weighted by Gasteiger charge is -2.28. The molecule has 0 spiro atoms. The summed E-state index contributed by atoms with van der Waals surface area (Å²) in [5.41, 5.74) is 2.97. The molecule has 4 rings (SSSR count). The molecule has 25 heavy (non-hydrogen) atoms. The highest BCUT2D eigenvalue weighted by molar-refractivity contribution is 5.94. The van der Waals surface area contributed by atoms with Gasteiger partial charge in [0.15, 0.2) is 0 Å². The fourth-order valence-electron chi connectivity index (χ4n) is 3.61. The Morgan fingerprint density at radius 1 is 0.920 bits per heavy atom. The second-order valence-electron chi connectivity index (χ2n) is 6.69. The van der Waals surface area contributed by atoms with Crippen LogP contribution >= 0.6 is 0 Å². The first-order valence-electron chi connectivity index (χ1n) is 9.07. The van der Waals surface area contributed by atoms with Crippen molar-refractivity contribution in [1.82, 2.24) is 9.88 Å². The largest absolute Gasteiger partial charge is 0.357 e. The van der Waals surface area contributed by atoms with Crippen molar-refractivity contribution in [1.29, 1.82) is 0 Å². The molecule has 1 saturated heterocycles. The zero-order chi connectivity index (χ0) is 17.1. The monoisotopic (exact) mass is 333 g/mol. The number of anilines is 1. The minimum Gasteiger partial charge on any atom is -0.357 e. The topological polar surface area (TPSA) is 36.4 Å². The van der Waals surface area contributed by atoms with Crippen LogP contribution in [0, 0.1) is 0 Å². The molecule has 4 nitrogen and oxygen atoms in total. The van der Waals surface area contributed by atoms with Gasteiger partial charge in [-0.1, -0.05) is 42.5 Å². The van der Waals surface area contributed by atoms with Gasteiger partial charge in [0.2, 0.25) is 0 Å². The molecule has 128 valence electrons. The van der Waals surface area contributed by atoms with Gasteiger partial charge in [-0.2, -0.15) is 0 Å². The highest BCUT2D eigenvalue weighted by Crippen LogP contribution is 2.23. The Kier molecular flexibility index (Phi) is 4.51. The van der Waals surface area contributed by atoms with Gasteiger partial charge in [-0.05, 0) is 42.5 Å². The highest BCUT2D eigenvalue weighted by Gasteiger charge is 2.22. The van der Waals surface area contributed by atoms with Gasteiger partial charge < -0.3 is 9.80 Å². The quantitative estimate of drug-likeness (QED) is 0.861. The van der Waals surface area contributed by atoms with E-state index in [1.807, 2.05) is 41.3 Å². The summed E-state index contributed by atoms with van der Waals surface area (Å²) in [5.74, 6) is 0.960. The van der Waals surface area contributed by atoms with Crippen LogP contribution in [0.4, 0.5) is 5.82 Å². The Hall–Kier alpha value is -2.62. The third kappa shape index (κ3) is 3.43. The van der Waals surface area contributed by atoms with Gasteiger partial charge in [0.25, 0.3) is 5.91 Å². The fourth-order valence-corrected chi connectivity index (χ4v) is 3.61. The first kappa shape index (κ1) is 15.9. The Labute approximate surface area is 148 Å². The zero-order valence-electron chi connectivity index (χ0n) is 14.4. The average molecular weight is 333 g/mol. The molecule has 0 N–H and O–H groups in total. The van der Waals surface area contributed by atoms with Crippen molar-refractivity contribution in [3.63, 3.8) is 0 Å². The van der Waals surface area contributed by atoms with E-state index in [-0.39, 0.29) is 5.91 Å². The van der Waals surface area contributed by atoms with Crippen LogP contribution in [0.2, 0.25) is 0 Å². The number of carbonyl (C=O) groups excluding carboxylic acids is 1. The Bertz CT molecular complexity index is 779. The van der Waals surface area contributed by atoms with Crippen molar-refractivity contribution in [2.24, 2.45) is 0 Å². The lowest BCUT2D eigenvalue weighted by molar-refractivity contribution is 0.0769. The molecule has 3 heterocycles. The van der Waals surface area contributed by atoms with Gasteiger partial charge in [0.1, 0.15) is 11.5 Å². The number of aromatic nitrogens is 1. The number of nitrogens with zero attached hydrogens (tertiary/aromatic N) is 3. The molecule has 0 bridgehead atoms. The van der Waals surface area contributed by atoms with Crippen molar-refractivity contribution in [2.75, 3.05) is 31.1 Å². The molecule has 1 aromatic heterocycles. The zero-order valence-corrected chi connectivity index (χ0v) is 14.4. The molecule has 0 atom stereocenters. The molecule has 1 fully saturated rings. The first-order chi connectivity index (χ1) is 12.3. The number of carbonyl (C=O) groups is 1. The van der Waals surface area contributed by atoms with Crippen molar-refractivity contribution < 1.29 is 4.79 Å². The van der Waals surface area contributed by atoms with Gasteiger partial charge in [-0.25, -0.2) is 4.98 Å². The average Bonchev–Trinajstić information content (AvgIpc) is 3.23. The van der Waals surface area contributed by atoms with Crippen LogP contribution in [0.1, 0.15) is 35.3 Å². The Balaban J connectivity index is 1.51. The minimum atomic E-state index is 0.0302. The number of hydrogen-bond acceptors (Lipinski definition) is 3.